The molecule has 10 heteroatoms. The Kier molecular flexibility index (Phi) is 3.94. The van der Waals surface area contributed by atoms with Gasteiger partial charge in [-0.15, -0.1) is 0 Å². The molecule has 0 fully saturated rings. The summed E-state index contributed by atoms with van der Waals surface area (Å²) in [4.78, 5) is 9.82. The molecule has 0 spiro atoms. The highest BCUT2D eigenvalue weighted by Gasteiger charge is 2.20. The molecule has 2 aromatic rings. The largest absolute Gasteiger partial charge is 0.358 e. The Bertz CT molecular complexity index is 754. The van der Waals surface area contributed by atoms with Gasteiger partial charge in [-0.25, -0.2) is 8.42 Å². The average molecular weight is 409 g/mol. The lowest BCUT2D eigenvalue weighted by molar-refractivity contribution is -0.384. The van der Waals surface area contributed by atoms with Crippen LogP contribution >= 0.6 is 22.6 Å². The fourth-order valence-electron chi connectivity index (χ4n) is 1.36. The summed E-state index contributed by atoms with van der Waals surface area (Å²) in [5, 5.41) is 14.1. The molecule has 0 saturated heterocycles. The molecule has 1 aromatic heterocycles. The number of rotatable bonds is 4. The summed E-state index contributed by atoms with van der Waals surface area (Å²) >= 11 is 1.90. The van der Waals surface area contributed by atoms with E-state index in [1.54, 1.807) is 6.92 Å². The van der Waals surface area contributed by atoms with Gasteiger partial charge in [-0.05, 0) is 41.6 Å². The first-order chi connectivity index (χ1) is 9.31. The second kappa shape index (κ2) is 5.36. The van der Waals surface area contributed by atoms with E-state index >= 15 is 0 Å². The summed E-state index contributed by atoms with van der Waals surface area (Å²) in [6.45, 7) is 1.65. The van der Waals surface area contributed by atoms with Crippen molar-refractivity contribution in [2.75, 3.05) is 4.72 Å². The lowest BCUT2D eigenvalue weighted by atomic mass is 10.3. The monoisotopic (exact) mass is 409 g/mol. The van der Waals surface area contributed by atoms with Crippen LogP contribution in [0, 0.1) is 20.6 Å². The first kappa shape index (κ1) is 14.7. The van der Waals surface area contributed by atoms with E-state index in [1.165, 1.54) is 0 Å². The second-order valence-electron chi connectivity index (χ2n) is 3.76. The van der Waals surface area contributed by atoms with E-state index in [9.17, 15) is 18.5 Å². The number of nitrogens with one attached hydrogen (secondary N) is 1. The van der Waals surface area contributed by atoms with Crippen LogP contribution in [0.25, 0.3) is 0 Å². The molecular formula is C10H8IN3O5S. The maximum Gasteiger partial charge on any atom is 0.269 e. The third-order valence-electron chi connectivity index (χ3n) is 2.38. The Morgan fingerprint density at radius 2 is 1.95 bits per heavy atom. The number of halogens is 1. The molecule has 1 N–H and O–H groups in total. The molecule has 1 heterocycles. The molecule has 0 amide bonds. The number of anilines is 1. The molecule has 0 unspecified atom stereocenters. The van der Waals surface area contributed by atoms with Crippen LogP contribution in [0.1, 0.15) is 5.76 Å². The van der Waals surface area contributed by atoms with Crippen LogP contribution in [-0.4, -0.2) is 18.5 Å². The van der Waals surface area contributed by atoms with Gasteiger partial charge in [-0.2, -0.15) is 0 Å². The predicted octanol–water partition coefficient (Wildman–Crippen LogP) is 2.30. The molecule has 8 nitrogen and oxygen atoms in total. The van der Waals surface area contributed by atoms with E-state index in [0.717, 1.165) is 24.3 Å². The molecule has 0 radical (unpaired) electrons. The van der Waals surface area contributed by atoms with Crippen LogP contribution < -0.4 is 4.72 Å². The number of benzene rings is 1. The minimum atomic E-state index is -3.86. The highest BCUT2D eigenvalue weighted by Crippen LogP contribution is 2.24. The summed E-state index contributed by atoms with van der Waals surface area (Å²) in [5.41, 5.74) is -0.184. The molecule has 106 valence electrons. The van der Waals surface area contributed by atoms with Crippen molar-refractivity contribution in [2.24, 2.45) is 0 Å². The number of hydrogen-bond acceptors (Lipinski definition) is 6. The van der Waals surface area contributed by atoms with Gasteiger partial charge in [0.2, 0.25) is 0 Å². The number of nitro benzene ring substituents is 1. The van der Waals surface area contributed by atoms with Gasteiger partial charge in [0, 0.05) is 12.1 Å². The summed E-state index contributed by atoms with van der Waals surface area (Å²) in [6.07, 6.45) is 0. The lowest BCUT2D eigenvalue weighted by Crippen LogP contribution is -2.13. The van der Waals surface area contributed by atoms with Crippen LogP contribution in [-0.2, 0) is 10.0 Å². The topological polar surface area (TPSA) is 115 Å². The highest BCUT2D eigenvalue weighted by molar-refractivity contribution is 14.1. The summed E-state index contributed by atoms with van der Waals surface area (Å²) in [6, 6.07) is 4.54. The predicted molar refractivity (Wildman–Crippen MR) is 77.9 cm³/mol. The van der Waals surface area contributed by atoms with Gasteiger partial charge in [0.25, 0.3) is 15.7 Å². The number of aromatic nitrogens is 1. The van der Waals surface area contributed by atoms with Crippen molar-refractivity contribution in [3.05, 3.63) is 43.7 Å². The second-order valence-corrected chi connectivity index (χ2v) is 6.52. The molecule has 20 heavy (non-hydrogen) atoms. The molecule has 0 aliphatic carbocycles. The average Bonchev–Trinajstić information content (AvgIpc) is 2.70. The van der Waals surface area contributed by atoms with E-state index in [2.05, 4.69) is 9.88 Å². The fraction of sp³-hybridized carbons (Fsp3) is 0.100. The third kappa shape index (κ3) is 2.90. The molecule has 0 aliphatic heterocycles. The maximum absolute atomic E-state index is 12.1. The van der Waals surface area contributed by atoms with E-state index < -0.39 is 14.9 Å². The first-order valence-electron chi connectivity index (χ1n) is 5.20. The van der Waals surface area contributed by atoms with Crippen LogP contribution in [0.3, 0.4) is 0 Å². The molecule has 0 atom stereocenters. The highest BCUT2D eigenvalue weighted by atomic mass is 127. The van der Waals surface area contributed by atoms with Gasteiger partial charge >= 0.3 is 0 Å². The zero-order valence-corrected chi connectivity index (χ0v) is 13.0. The van der Waals surface area contributed by atoms with Crippen LogP contribution in [0.15, 0.2) is 33.7 Å². The van der Waals surface area contributed by atoms with Crippen molar-refractivity contribution >= 4 is 44.1 Å². The summed E-state index contributed by atoms with van der Waals surface area (Å²) in [7, 11) is -3.86. The van der Waals surface area contributed by atoms with Crippen LogP contribution in [0.2, 0.25) is 0 Å². The number of aryl methyl sites for hydroxylation is 1. The lowest BCUT2D eigenvalue weighted by Gasteiger charge is -2.05. The Hall–Kier alpha value is -1.69. The van der Waals surface area contributed by atoms with E-state index in [-0.39, 0.29) is 16.4 Å². The van der Waals surface area contributed by atoms with Gasteiger partial charge < -0.3 is 4.52 Å². The Morgan fingerprint density at radius 3 is 2.40 bits per heavy atom. The summed E-state index contributed by atoms with van der Waals surface area (Å²) in [5.74, 6) is 0.577. The van der Waals surface area contributed by atoms with Crippen molar-refractivity contribution in [1.82, 2.24) is 5.16 Å². The Balaban J connectivity index is 2.31. The number of sulfonamides is 1. The van der Waals surface area contributed by atoms with Gasteiger partial charge in [-0.3, -0.25) is 14.8 Å². The van der Waals surface area contributed by atoms with Crippen molar-refractivity contribution < 1.29 is 17.9 Å². The minimum Gasteiger partial charge on any atom is -0.358 e. The molecule has 0 saturated carbocycles. The van der Waals surface area contributed by atoms with Crippen molar-refractivity contribution in [2.45, 2.75) is 11.8 Å². The first-order valence-corrected chi connectivity index (χ1v) is 7.76. The van der Waals surface area contributed by atoms with Crippen molar-refractivity contribution in [1.29, 1.82) is 0 Å². The van der Waals surface area contributed by atoms with Crippen molar-refractivity contribution in [3.8, 4) is 0 Å². The number of nitro groups is 1. The third-order valence-corrected chi connectivity index (χ3v) is 5.01. The Morgan fingerprint density at radius 1 is 1.35 bits per heavy atom. The van der Waals surface area contributed by atoms with E-state index in [0.29, 0.717) is 9.33 Å². The molecular weight excluding hydrogens is 401 g/mol. The summed E-state index contributed by atoms with van der Waals surface area (Å²) < 4.78 is 31.8. The van der Waals surface area contributed by atoms with Gasteiger partial charge in [0.15, 0.2) is 5.82 Å². The smallest absolute Gasteiger partial charge is 0.269 e. The number of hydrogen-bond donors (Lipinski definition) is 1. The van der Waals surface area contributed by atoms with Crippen LogP contribution in [0.4, 0.5) is 11.5 Å². The standard InChI is InChI=1S/C10H8IN3O5S/c1-6-9(11)10(12-19-6)13-20(17,18)8-4-2-7(3-5-8)14(15)16/h2-5H,1H3,(H,12,13). The number of non-ortho nitro benzene ring substituents is 1. The maximum atomic E-state index is 12.1. The SMILES string of the molecule is Cc1onc(NS(=O)(=O)c2ccc([N+](=O)[O-])cc2)c1I. The van der Waals surface area contributed by atoms with Gasteiger partial charge in [-0.1, -0.05) is 5.16 Å². The molecule has 0 aliphatic rings. The van der Waals surface area contributed by atoms with Gasteiger partial charge in [0.05, 0.1) is 9.82 Å². The van der Waals surface area contributed by atoms with Crippen molar-refractivity contribution in [3.63, 3.8) is 0 Å². The van der Waals surface area contributed by atoms with E-state index in [1.807, 2.05) is 22.6 Å². The normalized spacial score (nSPS) is 11.3. The minimum absolute atomic E-state index is 0.0847. The van der Waals surface area contributed by atoms with Gasteiger partial charge in [0.1, 0.15) is 9.33 Å². The molecule has 1 aromatic carbocycles. The zero-order chi connectivity index (χ0) is 14.9. The molecule has 2 rings (SSSR count). The fourth-order valence-corrected chi connectivity index (χ4v) is 2.88. The van der Waals surface area contributed by atoms with E-state index in [4.69, 9.17) is 4.52 Å². The quantitative estimate of drug-likeness (QED) is 0.471. The Labute approximate surface area is 127 Å². The number of nitrogens with zero attached hydrogens (tertiary/aromatic N) is 2. The molecule has 0 bridgehead atoms. The van der Waals surface area contributed by atoms with Crippen LogP contribution in [0.5, 0.6) is 0 Å². The zero-order valence-electron chi connectivity index (χ0n) is 10.0.